The Morgan fingerprint density at radius 2 is 0.772 bits per heavy atom. The summed E-state index contributed by atoms with van der Waals surface area (Å²) in [7, 11) is 11.4. The Bertz CT molecular complexity index is 1420. The van der Waals surface area contributed by atoms with E-state index >= 15 is 0 Å². The number of carbonyl (C=O) groups excluding carboxylic acids is 4. The molecule has 310 valence electrons. The van der Waals surface area contributed by atoms with Crippen molar-refractivity contribution < 1.29 is 44.4 Å². The minimum Gasteiger partial charge on any atom is -0.545 e. The summed E-state index contributed by atoms with van der Waals surface area (Å²) in [6.07, 6.45) is 12.8. The zero-order valence-electron chi connectivity index (χ0n) is 34.8. The number of carbonyl (C=O) groups is 5. The van der Waals surface area contributed by atoms with Crippen LogP contribution in [0, 0.1) is 0 Å². The minimum atomic E-state index is -1.14. The molecule has 0 radical (unpaired) electrons. The number of hydrogen-bond acceptors (Lipinski definition) is 11. The average molecular weight is 805 g/mol. The zero-order valence-corrected chi connectivity index (χ0v) is 35.9. The van der Waals surface area contributed by atoms with E-state index in [4.69, 9.17) is 5.11 Å². The van der Waals surface area contributed by atoms with Gasteiger partial charge in [-0.2, -0.15) is 0 Å². The van der Waals surface area contributed by atoms with Crippen LogP contribution in [0.1, 0.15) is 115 Å². The van der Waals surface area contributed by atoms with Crippen molar-refractivity contribution in [3.63, 3.8) is 0 Å². The summed E-state index contributed by atoms with van der Waals surface area (Å²) < 4.78 is 0. The monoisotopic (exact) mass is 804 g/mol. The fourth-order valence-corrected chi connectivity index (χ4v) is 4.84. The maximum Gasteiger partial charge on any atom is 3.00 e. The molecule has 0 spiro atoms. The summed E-state index contributed by atoms with van der Waals surface area (Å²) >= 11 is 0. The van der Waals surface area contributed by atoms with Crippen LogP contribution in [-0.4, -0.2) is 101 Å². The number of carboxylic acids is 4. The molecule has 3 aromatic carbocycles. The molecule has 0 saturated carbocycles. The van der Waals surface area contributed by atoms with Crippen molar-refractivity contribution in [3.05, 3.63) is 89.5 Å². The van der Waals surface area contributed by atoms with Crippen molar-refractivity contribution in [2.45, 2.75) is 84.0 Å². The van der Waals surface area contributed by atoms with Crippen LogP contribution in [0.5, 0.6) is 0 Å². The van der Waals surface area contributed by atoms with Gasteiger partial charge in [0.2, 0.25) is 5.91 Å². The normalized spacial score (nSPS) is 9.67. The van der Waals surface area contributed by atoms with Crippen LogP contribution in [0.4, 0.5) is 17.1 Å². The van der Waals surface area contributed by atoms with E-state index in [0.29, 0.717) is 6.54 Å². The number of amides is 1. The first-order valence-electron chi connectivity index (χ1n) is 18.9. The summed E-state index contributed by atoms with van der Waals surface area (Å²) in [5.74, 6) is -4.48. The van der Waals surface area contributed by atoms with Crippen molar-refractivity contribution in [2.24, 2.45) is 0 Å². The predicted octanol–water partition coefficient (Wildman–Crippen LogP) is 3.86. The van der Waals surface area contributed by atoms with Gasteiger partial charge in [0.05, 0.1) is 24.3 Å². The van der Waals surface area contributed by atoms with Crippen LogP contribution in [0.15, 0.2) is 72.8 Å². The van der Waals surface area contributed by atoms with E-state index in [-0.39, 0.29) is 52.8 Å². The molecular formula is C43H61AlN4O9. The van der Waals surface area contributed by atoms with E-state index in [1.165, 1.54) is 87.8 Å². The maximum atomic E-state index is 11.2. The standard InChI is InChI=1S/C16H31NO3.3C9H11NO2.Al/c1-2-3-4-5-6-7-8-9-10-11-14-17-15(18)12-13-16(19)20;3*1-10(2)8-5-3-7(4-6-8)9(11)12;/h2-14H2,1H3,(H,17,18)(H,19,20);3*3-6H,1-2H3,(H,11,12);/q;;;;+3/p-3. The first-order valence-corrected chi connectivity index (χ1v) is 18.9. The Hall–Kier alpha value is -5.06. The van der Waals surface area contributed by atoms with Gasteiger partial charge in [-0.3, -0.25) is 9.59 Å². The summed E-state index contributed by atoms with van der Waals surface area (Å²) in [5.41, 5.74) is 3.54. The third kappa shape index (κ3) is 27.2. The van der Waals surface area contributed by atoms with Gasteiger partial charge in [-0.25, -0.2) is 0 Å². The molecule has 0 aliphatic heterocycles. The third-order valence-corrected chi connectivity index (χ3v) is 8.28. The number of hydrogen-bond donors (Lipinski definition) is 2. The first-order chi connectivity index (χ1) is 26.5. The molecule has 0 aliphatic carbocycles. The van der Waals surface area contributed by atoms with Crippen molar-refractivity contribution >= 4 is 64.2 Å². The largest absolute Gasteiger partial charge is 3.00 e. The summed E-state index contributed by atoms with van der Waals surface area (Å²) in [6, 6.07) is 19.6. The molecule has 0 unspecified atom stereocenters. The molecule has 14 heteroatoms. The molecular weight excluding hydrogens is 743 g/mol. The average Bonchev–Trinajstić information content (AvgIpc) is 3.17. The number of unbranched alkanes of at least 4 members (excludes halogenated alkanes) is 9. The Labute approximate surface area is 349 Å². The van der Waals surface area contributed by atoms with Crippen molar-refractivity contribution in [1.29, 1.82) is 0 Å². The molecule has 0 aromatic heterocycles. The molecule has 0 heterocycles. The van der Waals surface area contributed by atoms with Crippen LogP contribution in [0.2, 0.25) is 0 Å². The molecule has 1 amide bonds. The SMILES string of the molecule is CCCCCCCCCCCCNC(=O)CCC(=O)O.CN(C)c1ccc(C(=O)[O-])cc1.CN(C)c1ccc(C(=O)[O-])cc1.CN(C)c1ccc(C(=O)[O-])cc1.[Al+3]. The Morgan fingerprint density at radius 1 is 0.491 bits per heavy atom. The second-order valence-electron chi connectivity index (χ2n) is 13.6. The molecule has 3 aromatic rings. The van der Waals surface area contributed by atoms with E-state index < -0.39 is 23.9 Å². The molecule has 0 atom stereocenters. The van der Waals surface area contributed by atoms with Crippen LogP contribution in [0.25, 0.3) is 0 Å². The number of rotatable bonds is 20. The molecule has 13 nitrogen and oxygen atoms in total. The number of aromatic carboxylic acids is 3. The smallest absolute Gasteiger partial charge is 0.545 e. The number of anilines is 3. The fourth-order valence-electron chi connectivity index (χ4n) is 4.84. The third-order valence-electron chi connectivity index (χ3n) is 8.28. The number of aliphatic carboxylic acids is 1. The quantitative estimate of drug-likeness (QED) is 0.124. The van der Waals surface area contributed by atoms with E-state index in [1.807, 2.05) is 57.0 Å². The number of nitrogens with one attached hydrogen (secondary N) is 1. The molecule has 3 rings (SSSR count). The van der Waals surface area contributed by atoms with Crippen molar-refractivity contribution in [1.82, 2.24) is 5.32 Å². The molecule has 2 N–H and O–H groups in total. The van der Waals surface area contributed by atoms with Gasteiger partial charge in [-0.1, -0.05) is 101 Å². The summed E-state index contributed by atoms with van der Waals surface area (Å²) in [4.78, 5) is 58.3. The molecule has 0 fully saturated rings. The van der Waals surface area contributed by atoms with Gasteiger partial charge in [0, 0.05) is 72.3 Å². The Balaban J connectivity index is 0. The van der Waals surface area contributed by atoms with Crippen LogP contribution < -0.4 is 35.3 Å². The van der Waals surface area contributed by atoms with Crippen LogP contribution in [0.3, 0.4) is 0 Å². The van der Waals surface area contributed by atoms with Gasteiger partial charge in [-0.15, -0.1) is 0 Å². The number of benzene rings is 3. The maximum absolute atomic E-state index is 11.2. The van der Waals surface area contributed by atoms with Gasteiger partial charge in [0.25, 0.3) is 0 Å². The summed E-state index contributed by atoms with van der Waals surface area (Å²) in [5, 5.41) is 42.3. The second-order valence-corrected chi connectivity index (χ2v) is 13.6. The first kappa shape index (κ1) is 54.0. The molecule has 0 saturated heterocycles. The minimum absolute atomic E-state index is 0. The van der Waals surface area contributed by atoms with Gasteiger partial charge < -0.3 is 54.8 Å². The number of nitrogens with zero attached hydrogens (tertiary/aromatic N) is 3. The zero-order chi connectivity index (χ0) is 42.5. The molecule has 0 aliphatic rings. The topological polar surface area (TPSA) is 197 Å². The summed E-state index contributed by atoms with van der Waals surface area (Å²) in [6.45, 7) is 2.91. The Morgan fingerprint density at radius 3 is 1.02 bits per heavy atom. The Kier molecular flexibility index (Phi) is 30.4. The van der Waals surface area contributed by atoms with Crippen molar-refractivity contribution in [3.8, 4) is 0 Å². The van der Waals surface area contributed by atoms with Crippen LogP contribution >= 0.6 is 0 Å². The van der Waals surface area contributed by atoms with E-state index in [1.54, 1.807) is 36.4 Å². The van der Waals surface area contributed by atoms with E-state index in [9.17, 15) is 39.3 Å². The van der Waals surface area contributed by atoms with Gasteiger partial charge >= 0.3 is 23.3 Å². The van der Waals surface area contributed by atoms with Crippen molar-refractivity contribution in [2.75, 3.05) is 63.5 Å². The fraction of sp³-hybridized carbons (Fsp3) is 0.465. The van der Waals surface area contributed by atoms with Crippen LogP contribution in [-0.2, 0) is 9.59 Å². The predicted molar refractivity (Wildman–Crippen MR) is 223 cm³/mol. The van der Waals surface area contributed by atoms with Gasteiger partial charge in [0.15, 0.2) is 0 Å². The van der Waals surface area contributed by atoms with Gasteiger partial charge in [0.1, 0.15) is 0 Å². The van der Waals surface area contributed by atoms with Gasteiger partial charge in [-0.05, 0) is 59.5 Å². The molecule has 0 bridgehead atoms. The van der Waals surface area contributed by atoms with E-state index in [0.717, 1.165) is 29.9 Å². The van der Waals surface area contributed by atoms with E-state index in [2.05, 4.69) is 12.2 Å². The second kappa shape index (κ2) is 32.1. The number of carboxylic acid groups (broad SMARTS) is 4. The molecule has 57 heavy (non-hydrogen) atoms.